The van der Waals surface area contributed by atoms with E-state index in [0.29, 0.717) is 0 Å². The van der Waals surface area contributed by atoms with Crippen LogP contribution in [0, 0.1) is 0 Å². The Morgan fingerprint density at radius 1 is 1.10 bits per heavy atom. The summed E-state index contributed by atoms with van der Waals surface area (Å²) >= 11 is 1.68. The highest BCUT2D eigenvalue weighted by atomic mass is 32.2. The van der Waals surface area contributed by atoms with Crippen LogP contribution in [0.5, 0.6) is 5.75 Å². The van der Waals surface area contributed by atoms with E-state index >= 15 is 0 Å². The zero-order valence-electron chi connectivity index (χ0n) is 11.5. The molecule has 1 aromatic heterocycles. The summed E-state index contributed by atoms with van der Waals surface area (Å²) in [5, 5.41) is 1.04. The molecular formula is C16H16N2OS. The second-order valence-electron chi connectivity index (χ2n) is 4.52. The third-order valence-corrected chi connectivity index (χ3v) is 3.98. The van der Waals surface area contributed by atoms with Gasteiger partial charge in [0.15, 0.2) is 5.16 Å². The van der Waals surface area contributed by atoms with Crippen LogP contribution in [0.3, 0.4) is 0 Å². The minimum atomic E-state index is 0.820. The van der Waals surface area contributed by atoms with Crippen LogP contribution in [0.2, 0.25) is 0 Å². The molecule has 4 heteroatoms. The van der Waals surface area contributed by atoms with Crippen molar-refractivity contribution in [1.29, 1.82) is 0 Å². The second-order valence-corrected chi connectivity index (χ2v) is 5.29. The van der Waals surface area contributed by atoms with Crippen molar-refractivity contribution >= 4 is 22.8 Å². The Bertz CT molecular complexity index is 719. The molecule has 102 valence electrons. The van der Waals surface area contributed by atoms with Crippen LogP contribution < -0.4 is 4.74 Å². The number of benzene rings is 2. The maximum Gasteiger partial charge on any atom is 0.169 e. The molecule has 0 saturated heterocycles. The molecule has 0 spiro atoms. The number of para-hydroxylation sites is 2. The van der Waals surface area contributed by atoms with Crippen molar-refractivity contribution in [3.8, 4) is 5.75 Å². The fourth-order valence-corrected chi connectivity index (χ4v) is 2.85. The van der Waals surface area contributed by atoms with Crippen molar-refractivity contribution < 1.29 is 4.74 Å². The Morgan fingerprint density at radius 2 is 1.85 bits per heavy atom. The lowest BCUT2D eigenvalue weighted by Crippen LogP contribution is -2.01. The quantitative estimate of drug-likeness (QED) is 0.682. The summed E-state index contributed by atoms with van der Waals surface area (Å²) in [6.07, 6.45) is 2.06. The highest BCUT2D eigenvalue weighted by molar-refractivity contribution is 7.98. The summed E-state index contributed by atoms with van der Waals surface area (Å²) in [4.78, 5) is 4.66. The molecule has 0 aliphatic carbocycles. The number of methoxy groups -OCH3 is 1. The van der Waals surface area contributed by atoms with E-state index in [2.05, 4.69) is 46.1 Å². The normalized spacial score (nSPS) is 10.9. The van der Waals surface area contributed by atoms with E-state index < -0.39 is 0 Å². The van der Waals surface area contributed by atoms with E-state index in [4.69, 9.17) is 4.74 Å². The molecule has 0 unspecified atom stereocenters. The van der Waals surface area contributed by atoms with E-state index in [0.717, 1.165) is 23.0 Å². The number of nitrogens with zero attached hydrogens (tertiary/aromatic N) is 2. The molecule has 0 amide bonds. The molecule has 0 aliphatic heterocycles. The highest BCUT2D eigenvalue weighted by Gasteiger charge is 2.09. The van der Waals surface area contributed by atoms with Crippen LogP contribution in [0.25, 0.3) is 11.0 Å². The number of aromatic nitrogens is 2. The number of rotatable bonds is 4. The standard InChI is InChI=1S/C16H16N2OS/c1-19-13-9-7-12(8-10-13)11-18-15-6-4-3-5-14(15)17-16(18)20-2/h3-10H,11H2,1-2H3. The number of imidazole rings is 1. The van der Waals surface area contributed by atoms with Gasteiger partial charge >= 0.3 is 0 Å². The molecule has 0 N–H and O–H groups in total. The zero-order valence-corrected chi connectivity index (χ0v) is 12.4. The summed E-state index contributed by atoms with van der Waals surface area (Å²) in [6.45, 7) is 0.820. The molecule has 20 heavy (non-hydrogen) atoms. The summed E-state index contributed by atoms with van der Waals surface area (Å²) < 4.78 is 7.45. The fourth-order valence-electron chi connectivity index (χ4n) is 2.28. The van der Waals surface area contributed by atoms with Crippen LogP contribution in [-0.2, 0) is 6.54 Å². The number of fused-ring (bicyclic) bond motifs is 1. The number of hydrogen-bond acceptors (Lipinski definition) is 3. The Morgan fingerprint density at radius 3 is 2.55 bits per heavy atom. The SMILES string of the molecule is COc1ccc(Cn2c(SC)nc3ccccc32)cc1. The van der Waals surface area contributed by atoms with Crippen molar-refractivity contribution in [3.05, 3.63) is 54.1 Å². The third-order valence-electron chi connectivity index (χ3n) is 3.30. The maximum atomic E-state index is 5.20. The first-order valence-electron chi connectivity index (χ1n) is 6.44. The van der Waals surface area contributed by atoms with Gasteiger partial charge in [0.2, 0.25) is 0 Å². The van der Waals surface area contributed by atoms with Crippen molar-refractivity contribution in [2.45, 2.75) is 11.7 Å². The van der Waals surface area contributed by atoms with Gasteiger partial charge < -0.3 is 9.30 Å². The molecular weight excluding hydrogens is 268 g/mol. The molecule has 1 heterocycles. The van der Waals surface area contributed by atoms with Crippen LogP contribution in [0.1, 0.15) is 5.56 Å². The minimum absolute atomic E-state index is 0.820. The summed E-state index contributed by atoms with van der Waals surface area (Å²) in [6, 6.07) is 16.4. The van der Waals surface area contributed by atoms with E-state index in [9.17, 15) is 0 Å². The zero-order chi connectivity index (χ0) is 13.9. The van der Waals surface area contributed by atoms with Crippen molar-refractivity contribution in [2.75, 3.05) is 13.4 Å². The monoisotopic (exact) mass is 284 g/mol. The smallest absolute Gasteiger partial charge is 0.169 e. The first-order chi connectivity index (χ1) is 9.81. The molecule has 0 fully saturated rings. The second kappa shape index (κ2) is 5.59. The molecule has 3 rings (SSSR count). The van der Waals surface area contributed by atoms with Gasteiger partial charge in [-0.3, -0.25) is 0 Å². The van der Waals surface area contributed by atoms with Crippen molar-refractivity contribution in [2.24, 2.45) is 0 Å². The molecule has 0 aliphatic rings. The van der Waals surface area contributed by atoms with Gasteiger partial charge in [-0.05, 0) is 36.1 Å². The Balaban J connectivity index is 2.00. The predicted octanol–water partition coefficient (Wildman–Crippen LogP) is 3.82. The van der Waals surface area contributed by atoms with Gasteiger partial charge in [-0.15, -0.1) is 0 Å². The highest BCUT2D eigenvalue weighted by Crippen LogP contribution is 2.24. The molecule has 0 bridgehead atoms. The first-order valence-corrected chi connectivity index (χ1v) is 7.66. The van der Waals surface area contributed by atoms with Gasteiger partial charge in [0.1, 0.15) is 5.75 Å². The molecule has 0 atom stereocenters. The summed E-state index contributed by atoms with van der Waals surface area (Å²) in [7, 11) is 1.68. The number of thioether (sulfide) groups is 1. The molecule has 0 radical (unpaired) electrons. The van der Waals surface area contributed by atoms with Crippen molar-refractivity contribution in [3.63, 3.8) is 0 Å². The van der Waals surface area contributed by atoms with Gasteiger partial charge in [-0.2, -0.15) is 0 Å². The summed E-state index contributed by atoms with van der Waals surface area (Å²) in [5.41, 5.74) is 3.46. The molecule has 3 aromatic rings. The average molecular weight is 284 g/mol. The fraction of sp³-hybridized carbons (Fsp3) is 0.188. The van der Waals surface area contributed by atoms with Crippen LogP contribution >= 0.6 is 11.8 Å². The van der Waals surface area contributed by atoms with Crippen LogP contribution in [-0.4, -0.2) is 22.9 Å². The van der Waals surface area contributed by atoms with E-state index in [1.807, 2.05) is 18.2 Å². The first kappa shape index (κ1) is 13.1. The minimum Gasteiger partial charge on any atom is -0.497 e. The predicted molar refractivity (Wildman–Crippen MR) is 83.6 cm³/mol. The maximum absolute atomic E-state index is 5.20. The molecule has 0 saturated carbocycles. The van der Waals surface area contributed by atoms with Crippen LogP contribution in [0.15, 0.2) is 53.7 Å². The summed E-state index contributed by atoms with van der Waals surface area (Å²) in [5.74, 6) is 0.884. The lowest BCUT2D eigenvalue weighted by molar-refractivity contribution is 0.414. The van der Waals surface area contributed by atoms with E-state index in [1.54, 1.807) is 18.9 Å². The van der Waals surface area contributed by atoms with Gasteiger partial charge in [-0.1, -0.05) is 36.0 Å². The Hall–Kier alpha value is -1.94. The topological polar surface area (TPSA) is 27.1 Å². The third kappa shape index (κ3) is 2.39. The van der Waals surface area contributed by atoms with Gasteiger partial charge in [0.25, 0.3) is 0 Å². The van der Waals surface area contributed by atoms with Crippen molar-refractivity contribution in [1.82, 2.24) is 9.55 Å². The Labute approximate surface area is 122 Å². The lowest BCUT2D eigenvalue weighted by Gasteiger charge is -2.08. The lowest BCUT2D eigenvalue weighted by atomic mass is 10.2. The van der Waals surface area contributed by atoms with Gasteiger partial charge in [0, 0.05) is 0 Å². The van der Waals surface area contributed by atoms with E-state index in [-0.39, 0.29) is 0 Å². The van der Waals surface area contributed by atoms with Gasteiger partial charge in [0.05, 0.1) is 24.7 Å². The number of ether oxygens (including phenoxy) is 1. The molecule has 3 nitrogen and oxygen atoms in total. The number of hydrogen-bond donors (Lipinski definition) is 0. The largest absolute Gasteiger partial charge is 0.497 e. The van der Waals surface area contributed by atoms with Gasteiger partial charge in [-0.25, -0.2) is 4.98 Å². The van der Waals surface area contributed by atoms with Crippen LogP contribution in [0.4, 0.5) is 0 Å². The Kier molecular flexibility index (Phi) is 3.65. The molecule has 2 aromatic carbocycles. The average Bonchev–Trinajstić information content (AvgIpc) is 2.86. The van der Waals surface area contributed by atoms with E-state index in [1.165, 1.54) is 11.1 Å².